The summed E-state index contributed by atoms with van der Waals surface area (Å²) in [6.07, 6.45) is 1.50. The second kappa shape index (κ2) is 7.89. The quantitative estimate of drug-likeness (QED) is 0.549. The Labute approximate surface area is 128 Å². The number of carbonyl (C=O) groups is 2. The maximum Gasteiger partial charge on any atom is 0.316 e. The van der Waals surface area contributed by atoms with Crippen LogP contribution in [0.25, 0.3) is 0 Å². The van der Waals surface area contributed by atoms with E-state index in [1.807, 2.05) is 0 Å². The molecule has 1 aromatic rings. The van der Waals surface area contributed by atoms with Crippen LogP contribution in [0.1, 0.15) is 29.9 Å². The lowest BCUT2D eigenvalue weighted by atomic mass is 10.0. The van der Waals surface area contributed by atoms with Crippen LogP contribution in [0.5, 0.6) is 0 Å². The van der Waals surface area contributed by atoms with Crippen LogP contribution >= 0.6 is 0 Å². The van der Waals surface area contributed by atoms with Crippen molar-refractivity contribution in [2.24, 2.45) is 10.7 Å². The number of rotatable bonds is 5. The molecule has 0 unspecified atom stereocenters. The highest BCUT2D eigenvalue weighted by Gasteiger charge is 2.13. The minimum atomic E-state index is -0.651. The van der Waals surface area contributed by atoms with Gasteiger partial charge in [-0.1, -0.05) is 0 Å². The van der Waals surface area contributed by atoms with Crippen molar-refractivity contribution >= 4 is 17.6 Å². The summed E-state index contributed by atoms with van der Waals surface area (Å²) in [5.74, 6) is -0.464. The van der Waals surface area contributed by atoms with E-state index in [0.717, 1.165) is 5.57 Å². The summed E-state index contributed by atoms with van der Waals surface area (Å²) in [6, 6.07) is 2.65. The van der Waals surface area contributed by atoms with Crippen LogP contribution in [0.3, 0.4) is 0 Å². The highest BCUT2D eigenvalue weighted by Crippen LogP contribution is 2.13. The summed E-state index contributed by atoms with van der Waals surface area (Å²) < 4.78 is 0. The summed E-state index contributed by atoms with van der Waals surface area (Å²) in [6.45, 7) is 3.51. The smallest absolute Gasteiger partial charge is 0.316 e. The summed E-state index contributed by atoms with van der Waals surface area (Å²) in [5, 5.41) is 2.51. The van der Waals surface area contributed by atoms with Crippen molar-refractivity contribution < 1.29 is 14.4 Å². The Morgan fingerprint density at radius 1 is 1.36 bits per heavy atom. The van der Waals surface area contributed by atoms with Crippen molar-refractivity contribution in [2.45, 2.75) is 13.8 Å². The fourth-order valence-corrected chi connectivity index (χ4v) is 1.82. The molecule has 0 radical (unpaired) electrons. The first-order valence-electron chi connectivity index (χ1n) is 6.41. The van der Waals surface area contributed by atoms with Gasteiger partial charge in [-0.15, -0.1) is 0 Å². The molecule has 0 aromatic carbocycles. The van der Waals surface area contributed by atoms with Crippen LogP contribution in [0.4, 0.5) is 4.79 Å². The zero-order valence-electron chi connectivity index (χ0n) is 12.9. The van der Waals surface area contributed by atoms with Crippen LogP contribution in [0, 0.1) is 0 Å². The molecule has 0 atom stereocenters. The molecule has 0 fully saturated rings. The average molecular weight is 305 g/mol. The third kappa shape index (κ3) is 4.38. The van der Waals surface area contributed by atoms with Gasteiger partial charge in [0.15, 0.2) is 0 Å². The minimum Gasteiger partial charge on any atom is -0.351 e. The van der Waals surface area contributed by atoms with E-state index in [-0.39, 0.29) is 5.69 Å². The number of hydrogen-bond donors (Lipinski definition) is 3. The van der Waals surface area contributed by atoms with Crippen molar-refractivity contribution in [3.8, 4) is 0 Å². The van der Waals surface area contributed by atoms with Crippen LogP contribution in [-0.4, -0.2) is 36.8 Å². The second-order valence-corrected chi connectivity index (χ2v) is 4.38. The van der Waals surface area contributed by atoms with Gasteiger partial charge in [-0.2, -0.15) is 0 Å². The minimum absolute atomic E-state index is 0.189. The molecule has 0 aliphatic carbocycles. The number of aliphatic imine (C=N–C) groups is 1. The van der Waals surface area contributed by atoms with E-state index in [9.17, 15) is 9.59 Å². The number of nitrogens with two attached hydrogens (primary N) is 1. The number of nitrogens with zero attached hydrogens (tertiary/aromatic N) is 2. The molecule has 3 amide bonds. The van der Waals surface area contributed by atoms with E-state index in [1.165, 1.54) is 13.3 Å². The van der Waals surface area contributed by atoms with Gasteiger partial charge in [0, 0.05) is 24.5 Å². The number of hydrogen-bond acceptors (Lipinski definition) is 5. The van der Waals surface area contributed by atoms with Gasteiger partial charge in [-0.3, -0.25) is 19.6 Å². The summed E-state index contributed by atoms with van der Waals surface area (Å²) >= 11 is 0. The predicted octanol–water partition coefficient (Wildman–Crippen LogP) is 0.754. The SMILES string of the molecule is CN=C(/C(C)=C(\C)NC(N)=O)c1ccnc(C(=O)NOC)c1. The number of carbonyl (C=O) groups excluding carboxylic acids is 2. The molecule has 1 rings (SSSR count). The molecule has 8 nitrogen and oxygen atoms in total. The average Bonchev–Trinajstić information content (AvgIpc) is 2.47. The molecule has 22 heavy (non-hydrogen) atoms. The van der Waals surface area contributed by atoms with E-state index >= 15 is 0 Å². The fourth-order valence-electron chi connectivity index (χ4n) is 1.82. The number of amides is 3. The molecule has 0 spiro atoms. The highest BCUT2D eigenvalue weighted by molar-refractivity contribution is 6.13. The molecule has 0 aliphatic heterocycles. The number of aromatic nitrogens is 1. The third-order valence-electron chi connectivity index (χ3n) is 2.91. The standard InChI is InChI=1S/C14H19N5O3/c1-8(9(2)18-14(15)21)12(16-3)10-5-6-17-11(7-10)13(20)19-22-4/h5-7H,1-4H3,(H,19,20)(H3,15,18,21)/b9-8+,16-12?. The third-order valence-corrected chi connectivity index (χ3v) is 2.91. The number of urea groups is 1. The van der Waals surface area contributed by atoms with Crippen LogP contribution in [0.2, 0.25) is 0 Å². The Balaban J connectivity index is 3.19. The van der Waals surface area contributed by atoms with Gasteiger partial charge >= 0.3 is 6.03 Å². The maximum atomic E-state index is 11.7. The number of allylic oxidation sites excluding steroid dienone is 2. The van der Waals surface area contributed by atoms with E-state index in [0.29, 0.717) is 17.0 Å². The molecule has 8 heteroatoms. The van der Waals surface area contributed by atoms with Gasteiger partial charge in [0.25, 0.3) is 5.91 Å². The summed E-state index contributed by atoms with van der Waals surface area (Å²) in [4.78, 5) is 35.4. The zero-order valence-corrected chi connectivity index (χ0v) is 12.9. The number of primary amides is 1. The number of pyridine rings is 1. The zero-order chi connectivity index (χ0) is 16.7. The first-order chi connectivity index (χ1) is 10.4. The van der Waals surface area contributed by atoms with E-state index < -0.39 is 11.9 Å². The molecular weight excluding hydrogens is 286 g/mol. The number of nitrogens with one attached hydrogen (secondary N) is 2. The Morgan fingerprint density at radius 3 is 2.59 bits per heavy atom. The predicted molar refractivity (Wildman–Crippen MR) is 82.3 cm³/mol. The molecule has 1 aromatic heterocycles. The molecule has 0 saturated carbocycles. The largest absolute Gasteiger partial charge is 0.351 e. The van der Waals surface area contributed by atoms with Crippen LogP contribution in [-0.2, 0) is 4.84 Å². The van der Waals surface area contributed by atoms with Crippen LogP contribution in [0.15, 0.2) is 34.6 Å². The normalized spacial score (nSPS) is 12.5. The fraction of sp³-hybridized carbons (Fsp3) is 0.286. The summed E-state index contributed by atoms with van der Waals surface area (Å²) in [7, 11) is 2.96. The van der Waals surface area contributed by atoms with Crippen LogP contribution < -0.4 is 16.5 Å². The van der Waals surface area contributed by atoms with Gasteiger partial charge in [-0.05, 0) is 31.6 Å². The monoisotopic (exact) mass is 305 g/mol. The lowest BCUT2D eigenvalue weighted by molar-refractivity contribution is 0.0532. The molecular formula is C14H19N5O3. The molecule has 0 saturated heterocycles. The van der Waals surface area contributed by atoms with E-state index in [1.54, 1.807) is 33.0 Å². The molecule has 1 heterocycles. The lowest BCUT2D eigenvalue weighted by Crippen LogP contribution is -2.29. The van der Waals surface area contributed by atoms with Gasteiger partial charge in [-0.25, -0.2) is 10.3 Å². The van der Waals surface area contributed by atoms with Gasteiger partial charge < -0.3 is 11.1 Å². The Hall–Kier alpha value is -2.74. The first-order valence-corrected chi connectivity index (χ1v) is 6.41. The van der Waals surface area contributed by atoms with Crippen molar-refractivity contribution in [3.63, 3.8) is 0 Å². The maximum absolute atomic E-state index is 11.7. The molecule has 118 valence electrons. The van der Waals surface area contributed by atoms with Crippen molar-refractivity contribution in [1.29, 1.82) is 0 Å². The van der Waals surface area contributed by atoms with E-state index in [4.69, 9.17) is 5.73 Å². The van der Waals surface area contributed by atoms with Gasteiger partial charge in [0.05, 0.1) is 12.8 Å². The van der Waals surface area contributed by atoms with Gasteiger partial charge in [0.2, 0.25) is 0 Å². The topological polar surface area (TPSA) is 119 Å². The van der Waals surface area contributed by atoms with Crippen molar-refractivity contribution in [3.05, 3.63) is 40.9 Å². The van der Waals surface area contributed by atoms with Crippen molar-refractivity contribution in [2.75, 3.05) is 14.2 Å². The second-order valence-electron chi connectivity index (χ2n) is 4.38. The molecule has 4 N–H and O–H groups in total. The van der Waals surface area contributed by atoms with Gasteiger partial charge in [0.1, 0.15) is 5.69 Å². The lowest BCUT2D eigenvalue weighted by Gasteiger charge is -2.12. The Morgan fingerprint density at radius 2 is 2.05 bits per heavy atom. The van der Waals surface area contributed by atoms with Crippen molar-refractivity contribution in [1.82, 2.24) is 15.8 Å². The first kappa shape index (κ1) is 17.3. The Kier molecular flexibility index (Phi) is 6.21. The Bertz CT molecular complexity index is 637. The molecule has 0 aliphatic rings. The highest BCUT2D eigenvalue weighted by atomic mass is 16.6. The van der Waals surface area contributed by atoms with E-state index in [2.05, 4.69) is 25.6 Å². The summed E-state index contributed by atoms with van der Waals surface area (Å²) in [5.41, 5.74) is 10.1. The molecule has 0 bridgehead atoms. The number of hydroxylamine groups is 1.